The van der Waals surface area contributed by atoms with Crippen molar-refractivity contribution in [2.24, 2.45) is 0 Å². The van der Waals surface area contributed by atoms with E-state index in [4.69, 9.17) is 21.1 Å². The Morgan fingerprint density at radius 2 is 1.35 bits per heavy atom. The Morgan fingerprint density at radius 3 is 1.65 bits per heavy atom. The largest absolute Gasteiger partial charge is 0.414 e. The highest BCUT2D eigenvalue weighted by molar-refractivity contribution is 6.17. The third-order valence-corrected chi connectivity index (χ3v) is 2.54. The van der Waals surface area contributed by atoms with Gasteiger partial charge in [-0.25, -0.2) is 9.59 Å². The maximum Gasteiger partial charge on any atom is 0.414 e. The summed E-state index contributed by atoms with van der Waals surface area (Å²) in [5.41, 5.74) is 0.678. The van der Waals surface area contributed by atoms with Crippen molar-refractivity contribution in [1.82, 2.24) is 9.80 Å². The van der Waals surface area contributed by atoms with Gasteiger partial charge in [0.05, 0.1) is 0 Å². The van der Waals surface area contributed by atoms with Gasteiger partial charge < -0.3 is 19.3 Å². The number of rotatable bonds is 3. The van der Waals surface area contributed by atoms with E-state index in [9.17, 15) is 9.59 Å². The molecule has 20 heavy (non-hydrogen) atoms. The van der Waals surface area contributed by atoms with E-state index in [-0.39, 0.29) is 17.4 Å². The van der Waals surface area contributed by atoms with Crippen LogP contribution >= 0.6 is 11.6 Å². The Bertz CT molecular complexity index is 463. The fourth-order valence-corrected chi connectivity index (χ4v) is 1.36. The topological polar surface area (TPSA) is 59.1 Å². The fraction of sp³-hybridized carbons (Fsp3) is 0.385. The van der Waals surface area contributed by atoms with Crippen molar-refractivity contribution in [2.45, 2.75) is 5.88 Å². The van der Waals surface area contributed by atoms with E-state index >= 15 is 0 Å². The molecule has 0 bridgehead atoms. The monoisotopic (exact) mass is 300 g/mol. The summed E-state index contributed by atoms with van der Waals surface area (Å²) < 4.78 is 10.2. The third kappa shape index (κ3) is 4.62. The van der Waals surface area contributed by atoms with E-state index in [0.29, 0.717) is 5.56 Å². The SMILES string of the molecule is CN(C)C(=O)Oc1cc(CCl)cc(OC(=O)N(C)C)c1. The highest BCUT2D eigenvalue weighted by Crippen LogP contribution is 2.25. The average molecular weight is 301 g/mol. The van der Waals surface area contributed by atoms with Crippen molar-refractivity contribution in [2.75, 3.05) is 28.2 Å². The van der Waals surface area contributed by atoms with Crippen LogP contribution in [0, 0.1) is 0 Å². The van der Waals surface area contributed by atoms with Crippen LogP contribution in [0.15, 0.2) is 18.2 Å². The smallest absolute Gasteiger partial charge is 0.410 e. The van der Waals surface area contributed by atoms with Crippen LogP contribution in [-0.2, 0) is 5.88 Å². The van der Waals surface area contributed by atoms with E-state index in [1.165, 1.54) is 15.9 Å². The minimum atomic E-state index is -0.526. The molecule has 1 aromatic carbocycles. The number of carbonyl (C=O) groups excluding carboxylic acids is 2. The van der Waals surface area contributed by atoms with Gasteiger partial charge in [-0.1, -0.05) is 0 Å². The van der Waals surface area contributed by atoms with E-state index in [1.807, 2.05) is 0 Å². The lowest BCUT2D eigenvalue weighted by atomic mass is 10.2. The summed E-state index contributed by atoms with van der Waals surface area (Å²) in [6, 6.07) is 4.68. The Morgan fingerprint density at radius 1 is 0.950 bits per heavy atom. The van der Waals surface area contributed by atoms with Gasteiger partial charge in [0.1, 0.15) is 11.5 Å². The van der Waals surface area contributed by atoms with Gasteiger partial charge in [0, 0.05) is 40.1 Å². The molecule has 0 N–H and O–H groups in total. The van der Waals surface area contributed by atoms with Crippen molar-refractivity contribution in [3.63, 3.8) is 0 Å². The molecule has 0 aromatic heterocycles. The number of benzene rings is 1. The summed E-state index contributed by atoms with van der Waals surface area (Å²) in [6.45, 7) is 0. The number of nitrogens with zero attached hydrogens (tertiary/aromatic N) is 2. The first-order chi connectivity index (χ1) is 9.33. The van der Waals surface area contributed by atoms with Gasteiger partial charge in [0.25, 0.3) is 0 Å². The molecule has 1 aromatic rings. The van der Waals surface area contributed by atoms with Gasteiger partial charge in [-0.05, 0) is 17.7 Å². The number of halogens is 1. The maximum absolute atomic E-state index is 11.5. The molecule has 0 aliphatic rings. The molecule has 0 aliphatic carbocycles. The van der Waals surface area contributed by atoms with Gasteiger partial charge in [-0.2, -0.15) is 0 Å². The molecule has 1 rings (SSSR count). The number of alkyl halides is 1. The zero-order valence-electron chi connectivity index (χ0n) is 11.8. The second kappa shape index (κ2) is 7.00. The van der Waals surface area contributed by atoms with E-state index in [1.54, 1.807) is 40.3 Å². The van der Waals surface area contributed by atoms with Crippen LogP contribution in [-0.4, -0.2) is 50.2 Å². The van der Waals surface area contributed by atoms with Crippen LogP contribution in [0.5, 0.6) is 11.5 Å². The van der Waals surface area contributed by atoms with Crippen LogP contribution in [0.2, 0.25) is 0 Å². The average Bonchev–Trinajstić information content (AvgIpc) is 2.37. The van der Waals surface area contributed by atoms with Gasteiger partial charge >= 0.3 is 12.2 Å². The molecule has 6 nitrogen and oxygen atoms in total. The van der Waals surface area contributed by atoms with E-state index in [0.717, 1.165) is 0 Å². The zero-order chi connectivity index (χ0) is 15.3. The second-order valence-corrected chi connectivity index (χ2v) is 4.74. The molecule has 0 unspecified atom stereocenters. The molecule has 0 atom stereocenters. The molecule has 0 spiro atoms. The Hall–Kier alpha value is -1.95. The summed E-state index contributed by atoms with van der Waals surface area (Å²) in [6.07, 6.45) is -1.05. The Balaban J connectivity index is 2.96. The minimum Gasteiger partial charge on any atom is -0.410 e. The molecular weight excluding hydrogens is 284 g/mol. The molecule has 0 radical (unpaired) electrons. The van der Waals surface area contributed by atoms with Crippen molar-refractivity contribution in [1.29, 1.82) is 0 Å². The lowest BCUT2D eigenvalue weighted by Crippen LogP contribution is -2.26. The van der Waals surface area contributed by atoms with Crippen LogP contribution in [0.1, 0.15) is 5.56 Å². The summed E-state index contributed by atoms with van der Waals surface area (Å²) in [7, 11) is 6.28. The third-order valence-electron chi connectivity index (χ3n) is 2.23. The normalized spacial score (nSPS) is 9.85. The number of carbonyl (C=O) groups is 2. The number of amides is 2. The summed E-state index contributed by atoms with van der Waals surface area (Å²) in [5.74, 6) is 0.742. The van der Waals surface area contributed by atoms with Crippen molar-refractivity contribution < 1.29 is 19.1 Å². The predicted molar refractivity (Wildman–Crippen MR) is 75.4 cm³/mol. The standard InChI is InChI=1S/C13H17ClN2O4/c1-15(2)12(17)19-10-5-9(8-14)6-11(7-10)20-13(18)16(3)4/h5-7H,8H2,1-4H3. The molecule has 0 heterocycles. The van der Waals surface area contributed by atoms with Gasteiger partial charge in [-0.3, -0.25) is 0 Å². The summed E-state index contributed by atoms with van der Waals surface area (Å²) in [5, 5.41) is 0. The molecule has 0 aliphatic heterocycles. The Labute approximate surface area is 122 Å². The van der Waals surface area contributed by atoms with Gasteiger partial charge in [-0.15, -0.1) is 11.6 Å². The molecule has 2 amide bonds. The molecule has 0 saturated carbocycles. The first kappa shape index (κ1) is 16.1. The zero-order valence-corrected chi connectivity index (χ0v) is 12.6. The first-order valence-corrected chi connectivity index (χ1v) is 6.35. The van der Waals surface area contributed by atoms with Gasteiger partial charge in [0.15, 0.2) is 0 Å². The first-order valence-electron chi connectivity index (χ1n) is 5.81. The van der Waals surface area contributed by atoms with Crippen molar-refractivity contribution in [3.8, 4) is 11.5 Å². The predicted octanol–water partition coefficient (Wildman–Crippen LogP) is 2.55. The molecule has 0 fully saturated rings. The van der Waals surface area contributed by atoms with E-state index in [2.05, 4.69) is 0 Å². The van der Waals surface area contributed by atoms with Crippen LogP contribution in [0.25, 0.3) is 0 Å². The maximum atomic E-state index is 11.5. The summed E-state index contributed by atoms with van der Waals surface area (Å²) >= 11 is 5.77. The molecule has 0 saturated heterocycles. The van der Waals surface area contributed by atoms with Crippen LogP contribution in [0.3, 0.4) is 0 Å². The van der Waals surface area contributed by atoms with Crippen LogP contribution in [0.4, 0.5) is 9.59 Å². The highest BCUT2D eigenvalue weighted by Gasteiger charge is 2.12. The van der Waals surface area contributed by atoms with E-state index < -0.39 is 12.2 Å². The number of ether oxygens (including phenoxy) is 2. The fourth-order valence-electron chi connectivity index (χ4n) is 1.21. The molecule has 110 valence electrons. The summed E-state index contributed by atoms with van der Waals surface area (Å²) in [4.78, 5) is 25.6. The van der Waals surface area contributed by atoms with Crippen molar-refractivity contribution in [3.05, 3.63) is 23.8 Å². The number of hydrogen-bond donors (Lipinski definition) is 0. The number of hydrogen-bond acceptors (Lipinski definition) is 4. The lowest BCUT2D eigenvalue weighted by Gasteiger charge is -2.14. The van der Waals surface area contributed by atoms with Crippen molar-refractivity contribution >= 4 is 23.8 Å². The Kier molecular flexibility index (Phi) is 5.64. The molecule has 7 heteroatoms. The molecular formula is C13H17ClN2O4. The highest BCUT2D eigenvalue weighted by atomic mass is 35.5. The lowest BCUT2D eigenvalue weighted by molar-refractivity contribution is 0.170. The quantitative estimate of drug-likeness (QED) is 0.805. The minimum absolute atomic E-state index is 0.208. The van der Waals surface area contributed by atoms with Gasteiger partial charge in [0.2, 0.25) is 0 Å². The van der Waals surface area contributed by atoms with Crippen LogP contribution < -0.4 is 9.47 Å². The second-order valence-electron chi connectivity index (χ2n) is 4.47.